The summed E-state index contributed by atoms with van der Waals surface area (Å²) in [6.07, 6.45) is 3.96. The van der Waals surface area contributed by atoms with Gasteiger partial charge in [0.15, 0.2) is 11.5 Å². The molecular weight excluding hydrogens is 337 g/mol. The van der Waals surface area contributed by atoms with Crippen LogP contribution in [0.5, 0.6) is 5.88 Å². The third kappa shape index (κ3) is 3.55. The highest BCUT2D eigenvalue weighted by Gasteiger charge is 2.22. The number of nitrogens with one attached hydrogen (secondary N) is 1. The van der Waals surface area contributed by atoms with Crippen molar-refractivity contribution in [3.63, 3.8) is 0 Å². The molecule has 0 bridgehead atoms. The first-order valence-electron chi connectivity index (χ1n) is 8.09. The summed E-state index contributed by atoms with van der Waals surface area (Å²) in [4.78, 5) is 16.7. The smallest absolute Gasteiger partial charge is 0.222 e. The molecule has 0 aliphatic heterocycles. The number of aromatic nitrogens is 4. The van der Waals surface area contributed by atoms with Gasteiger partial charge >= 0.3 is 0 Å². The van der Waals surface area contributed by atoms with Crippen molar-refractivity contribution >= 4 is 22.4 Å². The van der Waals surface area contributed by atoms with Crippen molar-refractivity contribution in [3.8, 4) is 5.88 Å². The van der Waals surface area contributed by atoms with Gasteiger partial charge in [-0.3, -0.25) is 0 Å². The fraction of sp³-hybridized carbons (Fsp3) is 0.333. The van der Waals surface area contributed by atoms with E-state index in [-0.39, 0.29) is 5.82 Å². The minimum atomic E-state index is -1.65. The normalized spacial score (nSPS) is 12.8. The number of hydrogen-bond donors (Lipinski definition) is 2. The molecule has 0 saturated heterocycles. The van der Waals surface area contributed by atoms with Gasteiger partial charge in [-0.25, -0.2) is 24.3 Å². The van der Waals surface area contributed by atoms with E-state index >= 15 is 0 Å². The topological polar surface area (TPSA) is 93.1 Å². The first-order valence-corrected chi connectivity index (χ1v) is 8.09. The average molecular weight is 357 g/mol. The van der Waals surface area contributed by atoms with Crippen molar-refractivity contribution in [3.05, 3.63) is 42.1 Å². The minimum Gasteiger partial charge on any atom is -0.481 e. The molecule has 0 aromatic carbocycles. The third-order valence-electron chi connectivity index (χ3n) is 3.85. The fourth-order valence-electron chi connectivity index (χ4n) is 2.54. The number of nitrogens with zero attached hydrogens (tertiary/aromatic N) is 4. The predicted octanol–water partition coefficient (Wildman–Crippen LogP) is 3.43. The van der Waals surface area contributed by atoms with Crippen molar-refractivity contribution < 1.29 is 14.2 Å². The summed E-state index contributed by atoms with van der Waals surface area (Å²) in [5.41, 5.74) is -0.993. The van der Waals surface area contributed by atoms with E-state index in [1.165, 1.54) is 27.2 Å². The lowest BCUT2D eigenvalue weighted by Gasteiger charge is -2.15. The van der Waals surface area contributed by atoms with Crippen LogP contribution in [0.2, 0.25) is 0 Å². The minimum absolute atomic E-state index is 0.0822. The number of ether oxygens (including phenoxy) is 1. The number of pyridine rings is 2. The number of halogens is 1. The van der Waals surface area contributed by atoms with Crippen LogP contribution < -0.4 is 10.1 Å². The molecular formula is C18H20FN5O2. The molecule has 26 heavy (non-hydrogen) atoms. The molecule has 0 unspecified atom stereocenters. The second-order valence-electron chi connectivity index (χ2n) is 6.38. The summed E-state index contributed by atoms with van der Waals surface area (Å²) in [5.74, 6) is 1.42. The molecule has 136 valence electrons. The van der Waals surface area contributed by atoms with Crippen LogP contribution in [0.15, 0.2) is 30.7 Å². The van der Waals surface area contributed by atoms with E-state index in [1.807, 2.05) is 0 Å². The molecule has 7 nitrogen and oxygen atoms in total. The van der Waals surface area contributed by atoms with Crippen molar-refractivity contribution in [2.24, 2.45) is 0 Å². The molecule has 3 aromatic rings. The zero-order valence-corrected chi connectivity index (χ0v) is 15.0. The van der Waals surface area contributed by atoms with Gasteiger partial charge in [-0.15, -0.1) is 0 Å². The Bertz CT molecular complexity index is 941. The lowest BCUT2D eigenvalue weighted by Crippen LogP contribution is -2.14. The van der Waals surface area contributed by atoms with Gasteiger partial charge in [0.1, 0.15) is 11.6 Å². The maximum atomic E-state index is 14.1. The van der Waals surface area contributed by atoms with Crippen LogP contribution in [0, 0.1) is 0 Å². The lowest BCUT2D eigenvalue weighted by atomic mass is 10.1. The molecule has 1 atom stereocenters. The number of rotatable bonds is 5. The summed E-state index contributed by atoms with van der Waals surface area (Å²) >= 11 is 0. The maximum absolute atomic E-state index is 14.1. The number of aliphatic hydroxyl groups is 1. The summed E-state index contributed by atoms with van der Waals surface area (Å²) < 4.78 is 19.3. The van der Waals surface area contributed by atoms with Crippen molar-refractivity contribution in [2.75, 3.05) is 12.4 Å². The Hall–Kier alpha value is -2.87. The molecule has 3 heterocycles. The Kier molecular flexibility index (Phi) is 4.69. The van der Waals surface area contributed by atoms with Gasteiger partial charge in [0.2, 0.25) is 5.88 Å². The van der Waals surface area contributed by atoms with Crippen LogP contribution in [-0.4, -0.2) is 32.2 Å². The summed E-state index contributed by atoms with van der Waals surface area (Å²) in [6, 6.07) is 3.40. The highest BCUT2D eigenvalue weighted by Crippen LogP contribution is 2.31. The second-order valence-corrected chi connectivity index (χ2v) is 6.38. The molecule has 0 radical (unpaired) electrons. The zero-order valence-electron chi connectivity index (χ0n) is 15.0. The van der Waals surface area contributed by atoms with E-state index in [9.17, 15) is 9.50 Å². The molecule has 0 aliphatic carbocycles. The zero-order chi connectivity index (χ0) is 18.9. The van der Waals surface area contributed by atoms with Gasteiger partial charge in [-0.1, -0.05) is 0 Å². The summed E-state index contributed by atoms with van der Waals surface area (Å²) in [7, 11) is 1.52. The Morgan fingerprint density at radius 2 is 1.92 bits per heavy atom. The van der Waals surface area contributed by atoms with E-state index in [0.717, 1.165) is 5.39 Å². The molecule has 3 aromatic heterocycles. The highest BCUT2D eigenvalue weighted by atomic mass is 19.1. The van der Waals surface area contributed by atoms with Crippen molar-refractivity contribution in [1.29, 1.82) is 0 Å². The van der Waals surface area contributed by atoms with Gasteiger partial charge in [-0.2, -0.15) is 0 Å². The Morgan fingerprint density at radius 3 is 2.58 bits per heavy atom. The van der Waals surface area contributed by atoms with Crippen molar-refractivity contribution in [2.45, 2.75) is 32.5 Å². The number of hydrogen-bond acceptors (Lipinski definition) is 7. The quantitative estimate of drug-likeness (QED) is 0.722. The number of aliphatic hydroxyl groups excluding tert-OH is 1. The van der Waals surface area contributed by atoms with E-state index in [2.05, 4.69) is 25.3 Å². The van der Waals surface area contributed by atoms with Gasteiger partial charge in [0.05, 0.1) is 18.6 Å². The third-order valence-corrected chi connectivity index (χ3v) is 3.85. The Balaban J connectivity index is 2.03. The second kappa shape index (κ2) is 6.80. The lowest BCUT2D eigenvalue weighted by molar-refractivity contribution is 0.200. The maximum Gasteiger partial charge on any atom is 0.222 e. The van der Waals surface area contributed by atoms with Gasteiger partial charge < -0.3 is 15.2 Å². The summed E-state index contributed by atoms with van der Waals surface area (Å²) in [5, 5.41) is 14.5. The highest BCUT2D eigenvalue weighted by molar-refractivity contribution is 5.91. The van der Waals surface area contributed by atoms with Crippen LogP contribution in [0.3, 0.4) is 0 Å². The molecule has 0 amide bonds. The average Bonchev–Trinajstić information content (AvgIpc) is 2.60. The largest absolute Gasteiger partial charge is 0.481 e. The molecule has 0 aliphatic rings. The first kappa shape index (κ1) is 17.9. The SMILES string of the molecule is COc1ncc([C@@H](C)O)c2cc(Nc3ccnc(C(C)(C)F)n3)ncc12. The first-order chi connectivity index (χ1) is 12.3. The van der Waals surface area contributed by atoms with Crippen molar-refractivity contribution in [1.82, 2.24) is 19.9 Å². The monoisotopic (exact) mass is 357 g/mol. The molecule has 3 rings (SSSR count). The standard InChI is InChI=1S/C18H20FN5O2/c1-10(25)12-8-22-16(26-4)13-9-21-15(7-11(12)13)23-14-5-6-20-17(24-14)18(2,3)19/h5-10,25H,1-4H3,(H,20,21,23,24)/t10-/m1/s1. The Labute approximate surface area is 150 Å². The van der Waals surface area contributed by atoms with E-state index in [1.54, 1.807) is 31.5 Å². The molecule has 2 N–H and O–H groups in total. The van der Waals surface area contributed by atoms with Crippen LogP contribution in [-0.2, 0) is 5.67 Å². The van der Waals surface area contributed by atoms with Crippen LogP contribution in [0.4, 0.5) is 16.0 Å². The molecule has 0 fully saturated rings. The predicted molar refractivity (Wildman–Crippen MR) is 96.2 cm³/mol. The van der Waals surface area contributed by atoms with E-state index in [4.69, 9.17) is 4.74 Å². The number of fused-ring (bicyclic) bond motifs is 1. The van der Waals surface area contributed by atoms with E-state index < -0.39 is 11.8 Å². The summed E-state index contributed by atoms with van der Waals surface area (Å²) in [6.45, 7) is 4.46. The molecule has 0 saturated carbocycles. The van der Waals surface area contributed by atoms with Crippen LogP contribution in [0.1, 0.15) is 38.3 Å². The van der Waals surface area contributed by atoms with Crippen LogP contribution >= 0.6 is 0 Å². The number of methoxy groups -OCH3 is 1. The van der Waals surface area contributed by atoms with E-state index in [0.29, 0.717) is 28.5 Å². The van der Waals surface area contributed by atoms with Gasteiger partial charge in [0, 0.05) is 24.2 Å². The van der Waals surface area contributed by atoms with Gasteiger partial charge in [-0.05, 0) is 38.3 Å². The van der Waals surface area contributed by atoms with Crippen LogP contribution in [0.25, 0.3) is 10.8 Å². The van der Waals surface area contributed by atoms with Gasteiger partial charge in [0.25, 0.3) is 0 Å². The fourth-order valence-corrected chi connectivity index (χ4v) is 2.54. The molecule has 8 heteroatoms. The number of alkyl halides is 1. The number of anilines is 2. The Morgan fingerprint density at radius 1 is 1.15 bits per heavy atom. The molecule has 0 spiro atoms.